The number of nitrogens with zero attached hydrogens (tertiary/aromatic N) is 2. The third kappa shape index (κ3) is 3.33. The normalized spacial score (nSPS) is 12.2. The van der Waals surface area contributed by atoms with Crippen LogP contribution in [0.5, 0.6) is 0 Å². The van der Waals surface area contributed by atoms with Gasteiger partial charge in [0.05, 0.1) is 22.8 Å². The van der Waals surface area contributed by atoms with Gasteiger partial charge in [0.25, 0.3) is 0 Å². The molecule has 3 radical (unpaired) electrons. The number of fused-ring (bicyclic) bond motifs is 8. The summed E-state index contributed by atoms with van der Waals surface area (Å²) < 4.78 is 0. The Kier molecular flexibility index (Phi) is 4.09. The molecule has 25 heavy (non-hydrogen) atoms. The monoisotopic (exact) mass is 425 g/mol. The van der Waals surface area contributed by atoms with Gasteiger partial charge in [-0.05, 0) is 72.8 Å². The van der Waals surface area contributed by atoms with Gasteiger partial charge in [0, 0.05) is 47.9 Å². The Morgan fingerprint density at radius 2 is 0.840 bits per heavy atom. The van der Waals surface area contributed by atoms with Gasteiger partial charge in [-0.3, -0.25) is 0 Å². The molecular weight excluding hydrogens is 411 g/mol. The maximum atomic E-state index is 4.62. The van der Waals surface area contributed by atoms with E-state index in [4.69, 9.17) is 0 Å². The SMILES string of the molecule is C1=Cc2cc3ccc(cc4ccc(cc5nc(cc1n2)C=C5)[nH]4)[nH]3.[In]. The van der Waals surface area contributed by atoms with E-state index in [1.807, 2.05) is 42.5 Å². The number of rotatable bonds is 0. The molecule has 0 spiro atoms. The summed E-state index contributed by atoms with van der Waals surface area (Å²) in [5.74, 6) is 0. The van der Waals surface area contributed by atoms with E-state index in [0.717, 1.165) is 44.8 Å². The third-order valence-corrected chi connectivity index (χ3v) is 4.04. The molecule has 117 valence electrons. The summed E-state index contributed by atoms with van der Waals surface area (Å²) in [4.78, 5) is 16.0. The summed E-state index contributed by atoms with van der Waals surface area (Å²) in [6.45, 7) is 0. The first-order chi connectivity index (χ1) is 11.8. The van der Waals surface area contributed by atoms with Crippen LogP contribution in [0.4, 0.5) is 0 Å². The minimum absolute atomic E-state index is 0. The summed E-state index contributed by atoms with van der Waals surface area (Å²) in [5, 5.41) is 0. The first kappa shape index (κ1) is 16.0. The molecule has 5 rings (SSSR count). The van der Waals surface area contributed by atoms with E-state index in [9.17, 15) is 0 Å². The van der Waals surface area contributed by atoms with Gasteiger partial charge in [0.15, 0.2) is 0 Å². The predicted octanol–water partition coefficient (Wildman–Crippen LogP) is 4.27. The fourth-order valence-electron chi connectivity index (χ4n) is 2.94. The largest absolute Gasteiger partial charge is 0.355 e. The van der Waals surface area contributed by atoms with Crippen molar-refractivity contribution >= 4 is 72.2 Å². The van der Waals surface area contributed by atoms with Crippen LogP contribution in [0.15, 0.2) is 48.5 Å². The topological polar surface area (TPSA) is 57.4 Å². The van der Waals surface area contributed by atoms with Crippen molar-refractivity contribution in [1.29, 1.82) is 0 Å². The number of nitrogens with one attached hydrogen (secondary N) is 2. The van der Waals surface area contributed by atoms with E-state index in [0.29, 0.717) is 0 Å². The van der Waals surface area contributed by atoms with E-state index in [-0.39, 0.29) is 25.8 Å². The van der Waals surface area contributed by atoms with Crippen LogP contribution >= 0.6 is 0 Å². The predicted molar refractivity (Wildman–Crippen MR) is 105 cm³/mol. The van der Waals surface area contributed by atoms with Crippen molar-refractivity contribution in [3.05, 3.63) is 71.3 Å². The summed E-state index contributed by atoms with van der Waals surface area (Å²) in [5.41, 5.74) is 7.86. The molecule has 0 aliphatic carbocycles. The average Bonchev–Trinajstić information content (AvgIpc) is 3.32. The van der Waals surface area contributed by atoms with Crippen LogP contribution in [-0.2, 0) is 0 Å². The second-order valence-electron chi connectivity index (χ2n) is 5.91. The molecule has 3 aromatic heterocycles. The molecular formula is C20H14InN4. The fourth-order valence-corrected chi connectivity index (χ4v) is 2.94. The van der Waals surface area contributed by atoms with E-state index in [2.05, 4.69) is 50.3 Å². The van der Waals surface area contributed by atoms with Crippen LogP contribution in [0.1, 0.15) is 22.8 Å². The summed E-state index contributed by atoms with van der Waals surface area (Å²) in [7, 11) is 0. The molecule has 2 N–H and O–H groups in total. The second-order valence-corrected chi connectivity index (χ2v) is 5.91. The first-order valence-electron chi connectivity index (χ1n) is 7.85. The molecule has 5 heterocycles. The Bertz CT molecular complexity index is 1080. The summed E-state index contributed by atoms with van der Waals surface area (Å²) in [6, 6.07) is 16.4. The van der Waals surface area contributed by atoms with Gasteiger partial charge >= 0.3 is 0 Å². The van der Waals surface area contributed by atoms with Crippen LogP contribution in [0.2, 0.25) is 0 Å². The number of hydrogen-bond donors (Lipinski definition) is 2. The zero-order valence-electron chi connectivity index (χ0n) is 13.4. The van der Waals surface area contributed by atoms with Crippen molar-refractivity contribution in [2.75, 3.05) is 0 Å². The smallest absolute Gasteiger partial charge is 0.0659 e. The van der Waals surface area contributed by atoms with Crippen LogP contribution in [0, 0.1) is 0 Å². The Labute approximate surface area is 163 Å². The Morgan fingerprint density at radius 1 is 0.480 bits per heavy atom. The maximum absolute atomic E-state index is 4.62. The van der Waals surface area contributed by atoms with E-state index >= 15 is 0 Å². The number of aromatic amines is 2. The molecule has 2 aliphatic heterocycles. The van der Waals surface area contributed by atoms with Gasteiger partial charge in [0.1, 0.15) is 0 Å². The van der Waals surface area contributed by atoms with Gasteiger partial charge < -0.3 is 9.97 Å². The van der Waals surface area contributed by atoms with E-state index in [1.54, 1.807) is 0 Å². The number of H-pyrrole nitrogens is 2. The average molecular weight is 425 g/mol. The van der Waals surface area contributed by atoms with Crippen molar-refractivity contribution in [3.63, 3.8) is 0 Å². The van der Waals surface area contributed by atoms with Crippen molar-refractivity contribution in [1.82, 2.24) is 19.9 Å². The molecule has 0 aromatic carbocycles. The molecule has 0 unspecified atom stereocenters. The summed E-state index contributed by atoms with van der Waals surface area (Å²) >= 11 is 0. The fraction of sp³-hybridized carbons (Fsp3) is 0. The maximum Gasteiger partial charge on any atom is 0.0659 e. The van der Waals surface area contributed by atoms with E-state index < -0.39 is 0 Å². The third-order valence-electron chi connectivity index (χ3n) is 4.04. The molecule has 2 aliphatic rings. The first-order valence-corrected chi connectivity index (χ1v) is 7.85. The van der Waals surface area contributed by atoms with Crippen LogP contribution < -0.4 is 0 Å². The van der Waals surface area contributed by atoms with Crippen LogP contribution in [-0.4, -0.2) is 45.8 Å². The van der Waals surface area contributed by atoms with Crippen molar-refractivity contribution in [3.8, 4) is 0 Å². The molecule has 4 nitrogen and oxygen atoms in total. The molecule has 0 saturated heterocycles. The minimum atomic E-state index is 0. The quantitative estimate of drug-likeness (QED) is 0.389. The Hall–Kier alpha value is -2.53. The molecule has 5 heteroatoms. The molecule has 0 saturated carbocycles. The zero-order valence-corrected chi connectivity index (χ0v) is 16.7. The number of hydrogen-bond acceptors (Lipinski definition) is 2. The molecule has 3 aromatic rings. The number of aromatic nitrogens is 4. The van der Waals surface area contributed by atoms with Crippen LogP contribution in [0.25, 0.3) is 46.4 Å². The van der Waals surface area contributed by atoms with Crippen molar-refractivity contribution in [2.24, 2.45) is 0 Å². The Balaban J connectivity index is 0.00000157. The van der Waals surface area contributed by atoms with Crippen molar-refractivity contribution < 1.29 is 0 Å². The summed E-state index contributed by atoms with van der Waals surface area (Å²) in [6.07, 6.45) is 8.05. The zero-order chi connectivity index (χ0) is 15.9. The van der Waals surface area contributed by atoms with Crippen molar-refractivity contribution in [2.45, 2.75) is 0 Å². The standard InChI is InChI=1S/C20H14N4.In/c1-2-14-10-16-5-6-18(23-16)12-20-8-7-19(24-20)11-17-4-3-15(22-17)9-13(1)21-14;/h1-12,21-22H;. The van der Waals surface area contributed by atoms with Gasteiger partial charge in [-0.25, -0.2) is 9.97 Å². The van der Waals surface area contributed by atoms with Gasteiger partial charge in [-0.2, -0.15) is 0 Å². The van der Waals surface area contributed by atoms with Gasteiger partial charge in [-0.1, -0.05) is 0 Å². The molecule has 0 amide bonds. The molecule has 8 bridgehead atoms. The Morgan fingerprint density at radius 3 is 1.28 bits per heavy atom. The molecule has 0 atom stereocenters. The van der Waals surface area contributed by atoms with Gasteiger partial charge in [0.2, 0.25) is 0 Å². The van der Waals surface area contributed by atoms with Gasteiger partial charge in [-0.15, -0.1) is 0 Å². The minimum Gasteiger partial charge on any atom is -0.355 e. The van der Waals surface area contributed by atoms with E-state index in [1.165, 1.54) is 0 Å². The van der Waals surface area contributed by atoms with Crippen LogP contribution in [0.3, 0.4) is 0 Å². The second kappa shape index (κ2) is 6.41. The molecule has 0 fully saturated rings.